The second-order valence-corrected chi connectivity index (χ2v) is 12.0. The predicted molar refractivity (Wildman–Crippen MR) is 156 cm³/mol. The summed E-state index contributed by atoms with van der Waals surface area (Å²) in [5.74, 6) is -2.34. The number of carbonyl (C=O) groups is 2. The predicted octanol–water partition coefficient (Wildman–Crippen LogP) is 2.86. The van der Waals surface area contributed by atoms with Crippen molar-refractivity contribution >= 4 is 17.6 Å². The van der Waals surface area contributed by atoms with Gasteiger partial charge in [-0.25, -0.2) is 13.8 Å². The minimum Gasteiger partial charge on any atom is -0.487 e. The van der Waals surface area contributed by atoms with Crippen molar-refractivity contribution in [3.63, 3.8) is 0 Å². The molecular formula is C31H38F2N6O3. The third-order valence-corrected chi connectivity index (χ3v) is 9.01. The zero-order valence-electron chi connectivity index (χ0n) is 27.0. The average molecular weight is 584 g/mol. The Morgan fingerprint density at radius 1 is 1.12 bits per heavy atom. The van der Waals surface area contributed by atoms with Crippen molar-refractivity contribution < 1.29 is 27.2 Å². The summed E-state index contributed by atoms with van der Waals surface area (Å²) < 4.78 is 60.8. The van der Waals surface area contributed by atoms with Crippen LogP contribution in [0.15, 0.2) is 36.9 Å². The number of rotatable bonds is 4. The second kappa shape index (κ2) is 10.9. The molecule has 4 aliphatic heterocycles. The standard InChI is InChI=1S/C31H38F2N6O3/c1-5-24(40)37-14-15-38-21(17-37)19-42-28-25(30(38)41)29(34-27(26(28)33)22-8-6-7-9-23(22)32)39-18-20(16-31(39,2)3)36-12-10-35(4)11-13-36/h5-9,20-21H,1,10-19H2,2-4H3/t20?,21-/m1/s1/i4D3. The van der Waals surface area contributed by atoms with E-state index in [0.717, 1.165) is 0 Å². The highest BCUT2D eigenvalue weighted by atomic mass is 19.1. The summed E-state index contributed by atoms with van der Waals surface area (Å²) in [6.07, 6.45) is 1.91. The van der Waals surface area contributed by atoms with E-state index in [2.05, 4.69) is 11.5 Å². The molecule has 224 valence electrons. The van der Waals surface area contributed by atoms with E-state index < -0.39 is 36.1 Å². The highest BCUT2D eigenvalue weighted by Gasteiger charge is 2.47. The molecule has 9 nitrogen and oxygen atoms in total. The molecule has 1 unspecified atom stereocenters. The van der Waals surface area contributed by atoms with Crippen molar-refractivity contribution in [2.45, 2.75) is 37.9 Å². The molecule has 42 heavy (non-hydrogen) atoms. The van der Waals surface area contributed by atoms with E-state index in [-0.39, 0.29) is 60.0 Å². The lowest BCUT2D eigenvalue weighted by atomic mass is 9.98. The minimum atomic E-state index is -2.14. The van der Waals surface area contributed by atoms with Gasteiger partial charge in [0.25, 0.3) is 5.91 Å². The Balaban J connectivity index is 1.40. The third kappa shape index (κ3) is 4.92. The number of amides is 2. The van der Waals surface area contributed by atoms with Crippen LogP contribution in [0.25, 0.3) is 11.3 Å². The van der Waals surface area contributed by atoms with Crippen LogP contribution in [0.1, 0.15) is 34.7 Å². The number of hydrogen-bond acceptors (Lipinski definition) is 7. The van der Waals surface area contributed by atoms with Crippen molar-refractivity contribution in [2.75, 3.05) is 70.8 Å². The van der Waals surface area contributed by atoms with Crippen LogP contribution in [0.3, 0.4) is 0 Å². The molecule has 2 amide bonds. The van der Waals surface area contributed by atoms with Crippen molar-refractivity contribution in [1.82, 2.24) is 24.6 Å². The van der Waals surface area contributed by atoms with Crippen molar-refractivity contribution in [2.24, 2.45) is 0 Å². The lowest BCUT2D eigenvalue weighted by Gasteiger charge is -2.40. The SMILES string of the molecule is [2H]C([2H])([2H])N1CCN(C2CN(c3nc(-c4ccccc4F)c(F)c4c3C(=O)N3CCN(C(=O)C=C)C[C@@H]3CO4)C(C)(C)C2)CC1. The van der Waals surface area contributed by atoms with Gasteiger partial charge in [-0.1, -0.05) is 18.7 Å². The Labute approximate surface area is 249 Å². The molecule has 2 aromatic rings. The molecule has 0 aliphatic carbocycles. The first-order valence-corrected chi connectivity index (χ1v) is 14.4. The molecule has 3 saturated heterocycles. The van der Waals surface area contributed by atoms with E-state index in [1.165, 1.54) is 29.2 Å². The summed E-state index contributed by atoms with van der Waals surface area (Å²) in [6, 6.07) is 5.27. The number of anilines is 1. The summed E-state index contributed by atoms with van der Waals surface area (Å²) >= 11 is 0. The fourth-order valence-electron chi connectivity index (χ4n) is 6.72. The highest BCUT2D eigenvalue weighted by Crippen LogP contribution is 2.44. The van der Waals surface area contributed by atoms with Gasteiger partial charge in [-0.3, -0.25) is 14.5 Å². The molecule has 2 atom stereocenters. The molecule has 0 spiro atoms. The largest absolute Gasteiger partial charge is 0.487 e. The van der Waals surface area contributed by atoms with Crippen LogP contribution < -0.4 is 9.64 Å². The lowest BCUT2D eigenvalue weighted by Crippen LogP contribution is -2.57. The van der Waals surface area contributed by atoms with E-state index in [0.29, 0.717) is 45.7 Å². The topological polar surface area (TPSA) is 72.5 Å². The molecule has 4 aliphatic rings. The fourth-order valence-corrected chi connectivity index (χ4v) is 6.72. The van der Waals surface area contributed by atoms with Crippen molar-refractivity contribution in [3.8, 4) is 17.0 Å². The third-order valence-electron chi connectivity index (χ3n) is 9.01. The van der Waals surface area contributed by atoms with Gasteiger partial charge >= 0.3 is 0 Å². The summed E-state index contributed by atoms with van der Waals surface area (Å²) in [5.41, 5.74) is -0.852. The van der Waals surface area contributed by atoms with Gasteiger partial charge in [0.1, 0.15) is 29.5 Å². The van der Waals surface area contributed by atoms with Gasteiger partial charge in [-0.05, 0) is 45.5 Å². The number of halogens is 2. The molecule has 0 saturated carbocycles. The van der Waals surface area contributed by atoms with Crippen LogP contribution in [0, 0.1) is 11.6 Å². The van der Waals surface area contributed by atoms with E-state index in [4.69, 9.17) is 13.8 Å². The number of likely N-dealkylation sites (N-methyl/N-ethyl adjacent to an activating group) is 1. The van der Waals surface area contributed by atoms with Gasteiger partial charge in [0.2, 0.25) is 5.91 Å². The van der Waals surface area contributed by atoms with Gasteiger partial charge < -0.3 is 24.3 Å². The van der Waals surface area contributed by atoms with Gasteiger partial charge in [-0.15, -0.1) is 0 Å². The van der Waals surface area contributed by atoms with E-state index in [9.17, 15) is 9.59 Å². The van der Waals surface area contributed by atoms with E-state index in [1.54, 1.807) is 15.9 Å². The Kier molecular flexibility index (Phi) is 6.50. The van der Waals surface area contributed by atoms with Crippen molar-refractivity contribution in [1.29, 1.82) is 0 Å². The van der Waals surface area contributed by atoms with Crippen LogP contribution >= 0.6 is 0 Å². The summed E-state index contributed by atoms with van der Waals surface area (Å²) in [4.78, 5) is 40.3. The smallest absolute Gasteiger partial charge is 0.262 e. The molecule has 11 heteroatoms. The molecule has 0 N–H and O–H groups in total. The number of fused-ring (bicyclic) bond motifs is 2. The first-order chi connectivity index (χ1) is 21.3. The summed E-state index contributed by atoms with van der Waals surface area (Å²) in [6.45, 7) is 8.52. The number of ether oxygens (including phenoxy) is 1. The molecule has 1 aromatic carbocycles. The van der Waals surface area contributed by atoms with Crippen molar-refractivity contribution in [3.05, 3.63) is 54.1 Å². The van der Waals surface area contributed by atoms with Gasteiger partial charge in [0, 0.05) is 73.6 Å². The number of benzene rings is 1. The number of pyridine rings is 1. The molecule has 0 radical (unpaired) electrons. The average Bonchev–Trinajstić information content (AvgIpc) is 3.25. The number of hydrogen-bond donors (Lipinski definition) is 0. The maximum absolute atomic E-state index is 16.4. The van der Waals surface area contributed by atoms with E-state index >= 15 is 8.78 Å². The number of piperazine rings is 2. The number of nitrogens with zero attached hydrogens (tertiary/aromatic N) is 6. The zero-order chi connectivity index (χ0) is 32.3. The maximum atomic E-state index is 16.4. The quantitative estimate of drug-likeness (QED) is 0.513. The van der Waals surface area contributed by atoms with E-state index in [1.807, 2.05) is 18.7 Å². The van der Waals surface area contributed by atoms with Crippen LogP contribution in [-0.4, -0.2) is 120 Å². The Morgan fingerprint density at radius 2 is 1.88 bits per heavy atom. The Hall–Kier alpha value is -3.57. The summed E-state index contributed by atoms with van der Waals surface area (Å²) in [7, 11) is 0. The Morgan fingerprint density at radius 3 is 2.60 bits per heavy atom. The molecule has 1 aromatic heterocycles. The molecule has 0 bridgehead atoms. The van der Waals surface area contributed by atoms with Crippen LogP contribution in [0.2, 0.25) is 0 Å². The number of carbonyl (C=O) groups excluding carboxylic acids is 2. The number of aromatic nitrogens is 1. The maximum Gasteiger partial charge on any atom is 0.262 e. The molecule has 5 heterocycles. The molecule has 6 rings (SSSR count). The van der Waals surface area contributed by atoms with Gasteiger partial charge in [0.15, 0.2) is 11.6 Å². The fraction of sp³-hybridized carbons (Fsp3) is 0.516. The summed E-state index contributed by atoms with van der Waals surface area (Å²) in [5, 5.41) is 0. The zero-order valence-corrected chi connectivity index (χ0v) is 24.0. The van der Waals surface area contributed by atoms with Crippen LogP contribution in [-0.2, 0) is 4.79 Å². The normalized spacial score (nSPS) is 26.0. The van der Waals surface area contributed by atoms with Crippen LogP contribution in [0.4, 0.5) is 14.6 Å². The van der Waals surface area contributed by atoms with Crippen LogP contribution in [0.5, 0.6) is 5.75 Å². The lowest BCUT2D eigenvalue weighted by molar-refractivity contribution is -0.128. The molecular weight excluding hydrogens is 542 g/mol. The van der Waals surface area contributed by atoms with Gasteiger partial charge in [0.05, 0.1) is 6.04 Å². The van der Waals surface area contributed by atoms with Gasteiger partial charge in [-0.2, -0.15) is 0 Å². The minimum absolute atomic E-state index is 0.0143. The highest BCUT2D eigenvalue weighted by molar-refractivity contribution is 6.03. The first kappa shape index (κ1) is 25.0. The Bertz CT molecular complexity index is 1510. The first-order valence-electron chi connectivity index (χ1n) is 15.9. The second-order valence-electron chi connectivity index (χ2n) is 12.0. The molecule has 3 fully saturated rings. The monoisotopic (exact) mass is 583 g/mol.